The van der Waals surface area contributed by atoms with E-state index in [-0.39, 0.29) is 6.10 Å². The molecule has 1 amide bonds. The molecule has 5 heteroatoms. The molecule has 2 atom stereocenters. The molecule has 1 aliphatic rings. The van der Waals surface area contributed by atoms with Crippen LogP contribution in [0.15, 0.2) is 42.5 Å². The van der Waals surface area contributed by atoms with E-state index in [1.807, 2.05) is 65.0 Å². The Morgan fingerprint density at radius 2 is 1.88 bits per heavy atom. The van der Waals surface area contributed by atoms with Gasteiger partial charge in [0.2, 0.25) is 0 Å². The molecule has 24 heavy (non-hydrogen) atoms. The van der Waals surface area contributed by atoms with Crippen molar-refractivity contribution < 1.29 is 19.1 Å². The monoisotopic (exact) mass is 331 g/mol. The summed E-state index contributed by atoms with van der Waals surface area (Å²) in [6, 6.07) is 9.22. The fraction of sp³-hybridized carbons (Fsp3) is 0.474. The highest BCUT2D eigenvalue weighted by molar-refractivity contribution is 5.71. The number of rotatable bonds is 3. The molecule has 1 aliphatic heterocycles. The van der Waals surface area contributed by atoms with Crippen molar-refractivity contribution >= 4 is 12.4 Å². The second kappa shape index (κ2) is 6.77. The van der Waals surface area contributed by atoms with Crippen molar-refractivity contribution in [2.45, 2.75) is 58.1 Å². The Morgan fingerprint density at radius 1 is 1.25 bits per heavy atom. The molecule has 1 aromatic carbocycles. The van der Waals surface area contributed by atoms with E-state index in [0.29, 0.717) is 6.29 Å². The summed E-state index contributed by atoms with van der Waals surface area (Å²) >= 11 is 0. The molecule has 0 aliphatic carbocycles. The fourth-order valence-electron chi connectivity index (χ4n) is 2.84. The van der Waals surface area contributed by atoms with E-state index in [2.05, 4.69) is 0 Å². The van der Waals surface area contributed by atoms with Gasteiger partial charge in [-0.05, 0) is 46.3 Å². The molecule has 0 aromatic heterocycles. The summed E-state index contributed by atoms with van der Waals surface area (Å²) in [6.45, 7) is 9.10. The Bertz CT molecular complexity index is 616. The zero-order valence-corrected chi connectivity index (χ0v) is 14.9. The molecular formula is C19H25NO4. The molecule has 1 heterocycles. The number of hydrogen-bond acceptors (Lipinski definition) is 4. The Balaban J connectivity index is 2.41. The van der Waals surface area contributed by atoms with Crippen LogP contribution in [0.2, 0.25) is 0 Å². The molecule has 2 rings (SSSR count). The van der Waals surface area contributed by atoms with Crippen LogP contribution < -0.4 is 0 Å². The topological polar surface area (TPSA) is 55.8 Å². The van der Waals surface area contributed by atoms with Gasteiger partial charge in [0.05, 0.1) is 6.04 Å². The molecular weight excluding hydrogens is 306 g/mol. The van der Waals surface area contributed by atoms with Gasteiger partial charge < -0.3 is 9.47 Å². The standard InChI is InChI=1S/C19H25NO4/c1-18(2,3)24-17(22)20-15(12-9-13-21)16(23-19(20,4)5)14-10-7-6-8-11-14/h6-13,15-16H,1-5H3. The third-order valence-corrected chi connectivity index (χ3v) is 3.71. The highest BCUT2D eigenvalue weighted by atomic mass is 16.6. The zero-order chi connectivity index (χ0) is 18.0. The average molecular weight is 331 g/mol. The highest BCUT2D eigenvalue weighted by Gasteiger charge is 2.50. The van der Waals surface area contributed by atoms with Crippen molar-refractivity contribution in [2.24, 2.45) is 0 Å². The molecule has 0 N–H and O–H groups in total. The van der Waals surface area contributed by atoms with Crippen molar-refractivity contribution in [1.29, 1.82) is 0 Å². The number of hydrogen-bond donors (Lipinski definition) is 0. The number of ether oxygens (including phenoxy) is 2. The Kier molecular flexibility index (Phi) is 5.13. The van der Waals surface area contributed by atoms with Crippen LogP contribution >= 0.6 is 0 Å². The minimum Gasteiger partial charge on any atom is -0.444 e. The lowest BCUT2D eigenvalue weighted by Crippen LogP contribution is -2.49. The van der Waals surface area contributed by atoms with Crippen molar-refractivity contribution in [3.63, 3.8) is 0 Å². The maximum atomic E-state index is 12.7. The Hall–Kier alpha value is -2.14. The molecule has 0 saturated carbocycles. The van der Waals surface area contributed by atoms with Gasteiger partial charge in [-0.15, -0.1) is 0 Å². The van der Waals surface area contributed by atoms with Crippen LogP contribution in [0.3, 0.4) is 0 Å². The third kappa shape index (κ3) is 4.03. The van der Waals surface area contributed by atoms with Gasteiger partial charge in [0.25, 0.3) is 0 Å². The maximum absolute atomic E-state index is 12.7. The highest BCUT2D eigenvalue weighted by Crippen LogP contribution is 2.42. The van der Waals surface area contributed by atoms with Gasteiger partial charge in [0.1, 0.15) is 23.7 Å². The Morgan fingerprint density at radius 3 is 2.42 bits per heavy atom. The van der Waals surface area contributed by atoms with Crippen LogP contribution in [-0.2, 0) is 14.3 Å². The summed E-state index contributed by atoms with van der Waals surface area (Å²) in [5, 5.41) is 0. The SMILES string of the molecule is CC(C)(C)OC(=O)N1C(C=CC=O)C(c2ccccc2)OC1(C)C. The van der Waals surface area contributed by atoms with Gasteiger partial charge in [-0.3, -0.25) is 9.69 Å². The fourth-order valence-corrected chi connectivity index (χ4v) is 2.84. The van der Waals surface area contributed by atoms with Crippen molar-refractivity contribution in [3.05, 3.63) is 48.0 Å². The van der Waals surface area contributed by atoms with Crippen LogP contribution in [0.25, 0.3) is 0 Å². The largest absolute Gasteiger partial charge is 0.444 e. The normalized spacial score (nSPS) is 23.5. The molecule has 0 bridgehead atoms. The molecule has 130 valence electrons. The smallest absolute Gasteiger partial charge is 0.413 e. The van der Waals surface area contributed by atoms with Crippen LogP contribution in [0.1, 0.15) is 46.3 Å². The predicted octanol–water partition coefficient (Wildman–Crippen LogP) is 3.85. The molecule has 1 fully saturated rings. The first-order valence-electron chi connectivity index (χ1n) is 8.03. The van der Waals surface area contributed by atoms with Crippen molar-refractivity contribution in [3.8, 4) is 0 Å². The number of carbonyl (C=O) groups is 2. The average Bonchev–Trinajstić information content (AvgIpc) is 2.75. The lowest BCUT2D eigenvalue weighted by molar-refractivity contribution is -0.104. The van der Waals surface area contributed by atoms with Gasteiger partial charge in [-0.25, -0.2) is 4.79 Å². The minimum atomic E-state index is -0.860. The van der Waals surface area contributed by atoms with E-state index in [1.165, 1.54) is 6.08 Å². The summed E-state index contributed by atoms with van der Waals surface area (Å²) in [5.74, 6) is 0. The van der Waals surface area contributed by atoms with Gasteiger partial charge >= 0.3 is 6.09 Å². The zero-order valence-electron chi connectivity index (χ0n) is 14.9. The van der Waals surface area contributed by atoms with Gasteiger partial charge in [-0.2, -0.15) is 0 Å². The number of allylic oxidation sites excluding steroid dienone is 1. The number of aldehydes is 1. The quantitative estimate of drug-likeness (QED) is 0.623. The van der Waals surface area contributed by atoms with Crippen LogP contribution in [0.4, 0.5) is 4.79 Å². The molecule has 0 spiro atoms. The number of carbonyl (C=O) groups excluding carboxylic acids is 2. The van der Waals surface area contributed by atoms with Crippen LogP contribution in [0, 0.1) is 0 Å². The third-order valence-electron chi connectivity index (χ3n) is 3.71. The summed E-state index contributed by atoms with van der Waals surface area (Å²) in [6.07, 6.45) is 2.93. The maximum Gasteiger partial charge on any atom is 0.413 e. The van der Waals surface area contributed by atoms with Gasteiger partial charge in [-0.1, -0.05) is 36.4 Å². The molecule has 1 aromatic rings. The second-order valence-corrected chi connectivity index (χ2v) is 7.26. The van der Waals surface area contributed by atoms with E-state index in [4.69, 9.17) is 9.47 Å². The van der Waals surface area contributed by atoms with E-state index in [0.717, 1.165) is 5.56 Å². The summed E-state index contributed by atoms with van der Waals surface area (Å²) in [5.41, 5.74) is -0.533. The second-order valence-electron chi connectivity index (χ2n) is 7.26. The number of amides is 1. The van der Waals surface area contributed by atoms with Crippen molar-refractivity contribution in [2.75, 3.05) is 0 Å². The summed E-state index contributed by atoms with van der Waals surface area (Å²) in [4.78, 5) is 25.1. The lowest BCUT2D eigenvalue weighted by atomic mass is 10.0. The molecule has 2 unspecified atom stereocenters. The van der Waals surface area contributed by atoms with E-state index >= 15 is 0 Å². The lowest BCUT2D eigenvalue weighted by Gasteiger charge is -2.34. The first-order valence-corrected chi connectivity index (χ1v) is 8.03. The first-order chi connectivity index (χ1) is 11.2. The van der Waals surface area contributed by atoms with Crippen LogP contribution in [-0.4, -0.2) is 34.6 Å². The van der Waals surface area contributed by atoms with Gasteiger partial charge in [0.15, 0.2) is 0 Å². The van der Waals surface area contributed by atoms with E-state index in [1.54, 1.807) is 11.0 Å². The molecule has 0 radical (unpaired) electrons. The van der Waals surface area contributed by atoms with Crippen LogP contribution in [0.5, 0.6) is 0 Å². The number of benzene rings is 1. The van der Waals surface area contributed by atoms with Gasteiger partial charge in [0, 0.05) is 0 Å². The summed E-state index contributed by atoms with van der Waals surface area (Å²) in [7, 11) is 0. The minimum absolute atomic E-state index is 0.370. The first kappa shape index (κ1) is 18.2. The number of nitrogens with zero attached hydrogens (tertiary/aromatic N) is 1. The van der Waals surface area contributed by atoms with E-state index < -0.39 is 23.5 Å². The Labute approximate surface area is 143 Å². The molecule has 1 saturated heterocycles. The summed E-state index contributed by atoms with van der Waals surface area (Å²) < 4.78 is 11.7. The predicted molar refractivity (Wildman–Crippen MR) is 91.4 cm³/mol. The van der Waals surface area contributed by atoms with E-state index in [9.17, 15) is 9.59 Å². The molecule has 5 nitrogen and oxygen atoms in total. The van der Waals surface area contributed by atoms with Crippen molar-refractivity contribution in [1.82, 2.24) is 4.90 Å².